The lowest BCUT2D eigenvalue weighted by Crippen LogP contribution is -2.61. The van der Waals surface area contributed by atoms with E-state index in [4.69, 9.17) is 11.1 Å². The fourth-order valence-corrected chi connectivity index (χ4v) is 2.71. The summed E-state index contributed by atoms with van der Waals surface area (Å²) in [5, 5.41) is 13.6. The second-order valence-electron chi connectivity index (χ2n) is 5.72. The molecule has 2 aliphatic rings. The minimum atomic E-state index is -0.607. The van der Waals surface area contributed by atoms with Gasteiger partial charge in [0.2, 0.25) is 0 Å². The molecule has 0 aromatic heterocycles. The second kappa shape index (κ2) is 5.16. The Kier molecular flexibility index (Phi) is 3.78. The largest absolute Gasteiger partial charge is 0.386 e. The molecular weight excluding hydrogens is 228 g/mol. The number of nitrogens with one attached hydrogen (secondary N) is 3. The molecule has 5 N–H and O–H groups in total. The molecule has 2 fully saturated rings. The van der Waals surface area contributed by atoms with Gasteiger partial charge in [0.05, 0.1) is 5.54 Å². The zero-order chi connectivity index (χ0) is 13.2. The van der Waals surface area contributed by atoms with E-state index in [1.54, 1.807) is 0 Å². The van der Waals surface area contributed by atoms with Crippen molar-refractivity contribution < 1.29 is 4.79 Å². The number of carbonyl (C=O) groups is 1. The van der Waals surface area contributed by atoms with Crippen LogP contribution in [0.1, 0.15) is 51.9 Å². The Bertz CT molecular complexity index is 330. The Hall–Kier alpha value is -1.26. The second-order valence-corrected chi connectivity index (χ2v) is 5.72. The van der Waals surface area contributed by atoms with Gasteiger partial charge in [0.1, 0.15) is 5.84 Å². The van der Waals surface area contributed by atoms with Crippen LogP contribution in [0.15, 0.2) is 0 Å². The van der Waals surface area contributed by atoms with Crippen LogP contribution in [0.5, 0.6) is 0 Å². The summed E-state index contributed by atoms with van der Waals surface area (Å²) < 4.78 is 0. The summed E-state index contributed by atoms with van der Waals surface area (Å²) in [6.45, 7) is 2.19. The summed E-state index contributed by atoms with van der Waals surface area (Å²) >= 11 is 0. The van der Waals surface area contributed by atoms with Gasteiger partial charge >= 0.3 is 6.03 Å². The Morgan fingerprint density at radius 1 is 1.33 bits per heavy atom. The summed E-state index contributed by atoms with van der Waals surface area (Å²) in [6, 6.07) is 0.170. The van der Waals surface area contributed by atoms with Crippen LogP contribution in [0.2, 0.25) is 0 Å². The number of carbonyl (C=O) groups excluding carboxylic acids is 1. The first-order valence-electron chi connectivity index (χ1n) is 6.99. The van der Waals surface area contributed by atoms with Gasteiger partial charge < -0.3 is 16.4 Å². The average Bonchev–Trinajstić information content (AvgIpc) is 3.13. The van der Waals surface area contributed by atoms with Crippen LogP contribution in [0.4, 0.5) is 4.79 Å². The van der Waals surface area contributed by atoms with Crippen LogP contribution in [0.25, 0.3) is 0 Å². The number of rotatable bonds is 4. The monoisotopic (exact) mass is 252 g/mol. The minimum Gasteiger partial charge on any atom is -0.386 e. The molecule has 0 aliphatic heterocycles. The van der Waals surface area contributed by atoms with E-state index < -0.39 is 5.54 Å². The molecule has 0 bridgehead atoms. The predicted octanol–water partition coefficient (Wildman–Crippen LogP) is 1.72. The molecule has 0 radical (unpaired) electrons. The molecule has 0 atom stereocenters. The maximum Gasteiger partial charge on any atom is 0.315 e. The standard InChI is InChI=1S/C13H24N4O/c1-2-9-5-7-13(8-6-9,11(14)15)17-12(18)16-10-3-4-10/h9-10H,2-8H2,1H3,(H3,14,15)(H2,16,17,18). The van der Waals surface area contributed by atoms with Crippen molar-refractivity contribution in [3.63, 3.8) is 0 Å². The van der Waals surface area contributed by atoms with E-state index in [9.17, 15) is 4.79 Å². The van der Waals surface area contributed by atoms with E-state index in [-0.39, 0.29) is 11.9 Å². The van der Waals surface area contributed by atoms with Gasteiger partial charge in [-0.2, -0.15) is 0 Å². The molecule has 0 aromatic carbocycles. The normalized spacial score (nSPS) is 31.7. The maximum atomic E-state index is 11.8. The zero-order valence-electron chi connectivity index (χ0n) is 11.1. The molecule has 0 aromatic rings. The quantitative estimate of drug-likeness (QED) is 0.453. The molecule has 2 aliphatic carbocycles. The Morgan fingerprint density at radius 3 is 2.39 bits per heavy atom. The van der Waals surface area contributed by atoms with E-state index in [0.717, 1.165) is 38.5 Å². The van der Waals surface area contributed by atoms with Gasteiger partial charge in [-0.25, -0.2) is 4.79 Å². The van der Waals surface area contributed by atoms with Gasteiger partial charge in [-0.3, -0.25) is 5.41 Å². The summed E-state index contributed by atoms with van der Waals surface area (Å²) in [5.41, 5.74) is 5.12. The first-order valence-corrected chi connectivity index (χ1v) is 6.99. The highest BCUT2D eigenvalue weighted by molar-refractivity contribution is 5.92. The smallest absolute Gasteiger partial charge is 0.315 e. The minimum absolute atomic E-state index is 0.100. The fourth-order valence-electron chi connectivity index (χ4n) is 2.71. The van der Waals surface area contributed by atoms with Gasteiger partial charge in [0, 0.05) is 6.04 Å². The van der Waals surface area contributed by atoms with Crippen molar-refractivity contribution in [2.75, 3.05) is 0 Å². The highest BCUT2D eigenvalue weighted by Crippen LogP contribution is 2.33. The van der Waals surface area contributed by atoms with Crippen LogP contribution >= 0.6 is 0 Å². The Labute approximate surface area is 108 Å². The van der Waals surface area contributed by atoms with Gasteiger partial charge in [-0.15, -0.1) is 0 Å². The van der Waals surface area contributed by atoms with Crippen LogP contribution in [-0.2, 0) is 0 Å². The average molecular weight is 252 g/mol. The van der Waals surface area contributed by atoms with E-state index in [1.807, 2.05) is 0 Å². The van der Waals surface area contributed by atoms with Crippen LogP contribution < -0.4 is 16.4 Å². The van der Waals surface area contributed by atoms with Crippen molar-refractivity contribution in [3.05, 3.63) is 0 Å². The molecule has 2 amide bonds. The molecular formula is C13H24N4O. The third-order valence-electron chi connectivity index (χ3n) is 4.32. The van der Waals surface area contributed by atoms with Crippen molar-refractivity contribution in [2.45, 2.75) is 63.5 Å². The van der Waals surface area contributed by atoms with Crippen molar-refractivity contribution in [1.82, 2.24) is 10.6 Å². The number of amides is 2. The summed E-state index contributed by atoms with van der Waals surface area (Å²) in [6.07, 6.45) is 6.97. The predicted molar refractivity (Wildman–Crippen MR) is 71.6 cm³/mol. The molecule has 5 heteroatoms. The topological polar surface area (TPSA) is 91.0 Å². The fraction of sp³-hybridized carbons (Fsp3) is 0.846. The Morgan fingerprint density at radius 2 is 1.94 bits per heavy atom. The lowest BCUT2D eigenvalue weighted by molar-refractivity contribution is 0.211. The maximum absolute atomic E-state index is 11.8. The van der Waals surface area contributed by atoms with Crippen molar-refractivity contribution in [2.24, 2.45) is 11.7 Å². The molecule has 18 heavy (non-hydrogen) atoms. The first-order chi connectivity index (χ1) is 8.55. The van der Waals surface area contributed by atoms with Crippen LogP contribution in [0, 0.1) is 11.3 Å². The third-order valence-corrected chi connectivity index (χ3v) is 4.32. The van der Waals surface area contributed by atoms with Crippen LogP contribution in [0.3, 0.4) is 0 Å². The van der Waals surface area contributed by atoms with E-state index in [1.165, 1.54) is 6.42 Å². The van der Waals surface area contributed by atoms with E-state index in [2.05, 4.69) is 17.6 Å². The van der Waals surface area contributed by atoms with Gasteiger partial charge in [0.25, 0.3) is 0 Å². The third kappa shape index (κ3) is 2.94. The zero-order valence-corrected chi connectivity index (χ0v) is 11.1. The van der Waals surface area contributed by atoms with E-state index in [0.29, 0.717) is 12.0 Å². The highest BCUT2D eigenvalue weighted by Gasteiger charge is 2.39. The van der Waals surface area contributed by atoms with Crippen molar-refractivity contribution >= 4 is 11.9 Å². The number of hydrogen-bond acceptors (Lipinski definition) is 2. The molecule has 102 valence electrons. The molecule has 0 heterocycles. The summed E-state index contributed by atoms with van der Waals surface area (Å²) in [7, 11) is 0. The van der Waals surface area contributed by atoms with Crippen molar-refractivity contribution in [3.8, 4) is 0 Å². The number of hydrogen-bond donors (Lipinski definition) is 4. The van der Waals surface area contributed by atoms with Crippen LogP contribution in [-0.4, -0.2) is 23.4 Å². The molecule has 0 unspecified atom stereocenters. The van der Waals surface area contributed by atoms with E-state index >= 15 is 0 Å². The SMILES string of the molecule is CCC1CCC(NC(=O)NC2CC2)(C(=N)N)CC1. The molecule has 5 nitrogen and oxygen atoms in total. The Balaban J connectivity index is 1.94. The lowest BCUT2D eigenvalue weighted by atomic mass is 9.75. The summed E-state index contributed by atoms with van der Waals surface area (Å²) in [4.78, 5) is 11.8. The highest BCUT2D eigenvalue weighted by atomic mass is 16.2. The number of nitrogens with two attached hydrogens (primary N) is 1. The first kappa shape index (κ1) is 13.2. The molecule has 2 saturated carbocycles. The number of urea groups is 1. The molecule has 0 spiro atoms. The number of amidine groups is 1. The lowest BCUT2D eigenvalue weighted by Gasteiger charge is -2.39. The molecule has 2 rings (SSSR count). The van der Waals surface area contributed by atoms with Crippen molar-refractivity contribution in [1.29, 1.82) is 5.41 Å². The summed E-state index contributed by atoms with van der Waals surface area (Å²) in [5.74, 6) is 0.814. The van der Waals surface area contributed by atoms with Gasteiger partial charge in [0.15, 0.2) is 0 Å². The molecule has 0 saturated heterocycles. The van der Waals surface area contributed by atoms with Gasteiger partial charge in [-0.1, -0.05) is 13.3 Å². The van der Waals surface area contributed by atoms with Gasteiger partial charge in [-0.05, 0) is 44.4 Å².